The third-order valence-corrected chi connectivity index (χ3v) is 4.33. The number of Topliss-reactive ketones (excluding diaryl/α,β-unsaturated/α-hetero) is 1. The van der Waals surface area contributed by atoms with Crippen LogP contribution < -0.4 is 5.32 Å². The number of rotatable bonds is 5. The lowest BCUT2D eigenvalue weighted by atomic mass is 9.83. The fourth-order valence-corrected chi connectivity index (χ4v) is 3.03. The molecule has 2 aromatic rings. The Morgan fingerprint density at radius 1 is 1.09 bits per heavy atom. The summed E-state index contributed by atoms with van der Waals surface area (Å²) in [7, 11) is 0. The molecule has 3 heteroatoms. The van der Waals surface area contributed by atoms with Crippen LogP contribution in [0.4, 0.5) is 0 Å². The first-order chi connectivity index (χ1) is 10.7. The number of phenols is 1. The normalized spacial score (nSPS) is 17.3. The molecule has 0 fully saturated rings. The minimum Gasteiger partial charge on any atom is -0.508 e. The number of ketones is 1. The molecular weight excluding hydrogens is 274 g/mol. The minimum atomic E-state index is 0.0923. The zero-order valence-electron chi connectivity index (χ0n) is 12.6. The van der Waals surface area contributed by atoms with E-state index in [2.05, 4.69) is 11.4 Å². The fraction of sp³-hybridized carbons (Fsp3) is 0.316. The Kier molecular flexibility index (Phi) is 4.54. The van der Waals surface area contributed by atoms with Crippen LogP contribution in [0.1, 0.15) is 27.9 Å². The lowest BCUT2D eigenvalue weighted by Crippen LogP contribution is -2.33. The van der Waals surface area contributed by atoms with E-state index in [0.717, 1.165) is 37.9 Å². The number of hydrogen-bond acceptors (Lipinski definition) is 3. The largest absolute Gasteiger partial charge is 0.508 e. The molecule has 0 bridgehead atoms. The molecule has 3 nitrogen and oxygen atoms in total. The molecule has 2 N–H and O–H groups in total. The second-order valence-corrected chi connectivity index (χ2v) is 5.88. The standard InChI is InChI=1S/C19H21NO2/c21-17-9-5-14(6-10-17)11-12-20-13-16-8-7-15-3-1-2-4-18(15)19(16)22/h1-6,9-10,16,20-21H,7-8,11-13H2/t16-/m1/s1. The van der Waals surface area contributed by atoms with Crippen molar-refractivity contribution in [2.45, 2.75) is 19.3 Å². The van der Waals surface area contributed by atoms with Crippen LogP contribution in [0, 0.1) is 5.92 Å². The van der Waals surface area contributed by atoms with Gasteiger partial charge in [0.25, 0.3) is 0 Å². The summed E-state index contributed by atoms with van der Waals surface area (Å²) in [5, 5.41) is 12.7. The van der Waals surface area contributed by atoms with Crippen LogP contribution in [0.15, 0.2) is 48.5 Å². The Morgan fingerprint density at radius 3 is 2.68 bits per heavy atom. The number of phenolic OH excluding ortho intramolecular Hbond substituents is 1. The number of fused-ring (bicyclic) bond motifs is 1. The SMILES string of the molecule is O=C1c2ccccc2CC[C@@H]1CNCCc1ccc(O)cc1. The summed E-state index contributed by atoms with van der Waals surface area (Å²) in [5.74, 6) is 0.664. The van der Waals surface area contributed by atoms with Crippen molar-refractivity contribution in [3.63, 3.8) is 0 Å². The third-order valence-electron chi connectivity index (χ3n) is 4.33. The number of carbonyl (C=O) groups is 1. The summed E-state index contributed by atoms with van der Waals surface area (Å²) >= 11 is 0. The van der Waals surface area contributed by atoms with Gasteiger partial charge in [-0.3, -0.25) is 4.79 Å². The average molecular weight is 295 g/mol. The number of nitrogens with one attached hydrogen (secondary N) is 1. The van der Waals surface area contributed by atoms with Gasteiger partial charge in [0.1, 0.15) is 5.75 Å². The predicted octanol–water partition coefficient (Wildman–Crippen LogP) is 2.97. The van der Waals surface area contributed by atoms with Crippen molar-refractivity contribution >= 4 is 5.78 Å². The third kappa shape index (κ3) is 3.37. The fourth-order valence-electron chi connectivity index (χ4n) is 3.03. The van der Waals surface area contributed by atoms with E-state index in [1.807, 2.05) is 30.3 Å². The maximum atomic E-state index is 12.5. The average Bonchev–Trinajstić information content (AvgIpc) is 2.55. The smallest absolute Gasteiger partial charge is 0.167 e. The molecule has 0 saturated carbocycles. The quantitative estimate of drug-likeness (QED) is 0.834. The van der Waals surface area contributed by atoms with Crippen LogP contribution in [0.25, 0.3) is 0 Å². The molecule has 1 aliphatic carbocycles. The Morgan fingerprint density at radius 2 is 1.86 bits per heavy atom. The number of aryl methyl sites for hydroxylation is 1. The van der Waals surface area contributed by atoms with Gasteiger partial charge in [0.05, 0.1) is 0 Å². The Balaban J connectivity index is 1.48. The van der Waals surface area contributed by atoms with E-state index in [9.17, 15) is 9.90 Å². The summed E-state index contributed by atoms with van der Waals surface area (Å²) in [6.45, 7) is 1.58. The zero-order valence-corrected chi connectivity index (χ0v) is 12.6. The van der Waals surface area contributed by atoms with Crippen LogP contribution in [0.5, 0.6) is 5.75 Å². The van der Waals surface area contributed by atoms with Crippen LogP contribution >= 0.6 is 0 Å². The lowest BCUT2D eigenvalue weighted by molar-refractivity contribution is 0.0901. The molecule has 0 spiro atoms. The molecular formula is C19H21NO2. The highest BCUT2D eigenvalue weighted by Crippen LogP contribution is 2.24. The molecule has 0 aliphatic heterocycles. The maximum Gasteiger partial charge on any atom is 0.167 e. The molecule has 3 rings (SSSR count). The number of carbonyl (C=O) groups excluding carboxylic acids is 1. The van der Waals surface area contributed by atoms with Gasteiger partial charge >= 0.3 is 0 Å². The molecule has 1 aliphatic rings. The highest BCUT2D eigenvalue weighted by atomic mass is 16.3. The van der Waals surface area contributed by atoms with E-state index in [1.165, 1.54) is 11.1 Å². The van der Waals surface area contributed by atoms with E-state index in [4.69, 9.17) is 0 Å². The second kappa shape index (κ2) is 6.75. The summed E-state index contributed by atoms with van der Waals surface area (Å²) < 4.78 is 0. The first-order valence-electron chi connectivity index (χ1n) is 7.85. The number of aromatic hydroxyl groups is 1. The molecule has 2 aromatic carbocycles. The monoisotopic (exact) mass is 295 g/mol. The lowest BCUT2D eigenvalue weighted by Gasteiger charge is -2.23. The van der Waals surface area contributed by atoms with E-state index in [-0.39, 0.29) is 11.7 Å². The molecule has 1 atom stereocenters. The van der Waals surface area contributed by atoms with Crippen molar-refractivity contribution in [3.8, 4) is 5.75 Å². The summed E-state index contributed by atoms with van der Waals surface area (Å²) in [4.78, 5) is 12.5. The summed E-state index contributed by atoms with van der Waals surface area (Å²) in [6, 6.07) is 15.2. The predicted molar refractivity (Wildman–Crippen MR) is 87.3 cm³/mol. The van der Waals surface area contributed by atoms with Crippen molar-refractivity contribution < 1.29 is 9.90 Å². The van der Waals surface area contributed by atoms with Crippen LogP contribution in [0.3, 0.4) is 0 Å². The van der Waals surface area contributed by atoms with Crippen molar-refractivity contribution in [2.75, 3.05) is 13.1 Å². The minimum absolute atomic E-state index is 0.0923. The Labute approximate surface area is 131 Å². The van der Waals surface area contributed by atoms with Gasteiger partial charge < -0.3 is 10.4 Å². The van der Waals surface area contributed by atoms with Crippen molar-refractivity contribution in [3.05, 3.63) is 65.2 Å². The Bertz CT molecular complexity index is 649. The second-order valence-electron chi connectivity index (χ2n) is 5.88. The topological polar surface area (TPSA) is 49.3 Å². The Hall–Kier alpha value is -2.13. The van der Waals surface area contributed by atoms with Gasteiger partial charge in [0, 0.05) is 18.0 Å². The number of benzene rings is 2. The maximum absolute atomic E-state index is 12.5. The van der Waals surface area contributed by atoms with Crippen LogP contribution in [-0.4, -0.2) is 24.0 Å². The van der Waals surface area contributed by atoms with Gasteiger partial charge in [0.2, 0.25) is 0 Å². The molecule has 0 aromatic heterocycles. The van der Waals surface area contributed by atoms with Gasteiger partial charge in [0.15, 0.2) is 5.78 Å². The van der Waals surface area contributed by atoms with E-state index < -0.39 is 0 Å². The van der Waals surface area contributed by atoms with Gasteiger partial charge in [-0.1, -0.05) is 36.4 Å². The van der Waals surface area contributed by atoms with Crippen molar-refractivity contribution in [1.29, 1.82) is 0 Å². The van der Waals surface area contributed by atoms with E-state index >= 15 is 0 Å². The molecule has 22 heavy (non-hydrogen) atoms. The van der Waals surface area contributed by atoms with Crippen molar-refractivity contribution in [1.82, 2.24) is 5.32 Å². The highest BCUT2D eigenvalue weighted by Gasteiger charge is 2.26. The van der Waals surface area contributed by atoms with E-state index in [1.54, 1.807) is 12.1 Å². The van der Waals surface area contributed by atoms with Crippen molar-refractivity contribution in [2.24, 2.45) is 5.92 Å². The first-order valence-corrected chi connectivity index (χ1v) is 7.85. The van der Waals surface area contributed by atoms with Gasteiger partial charge in [-0.05, 0) is 49.1 Å². The molecule has 0 radical (unpaired) electrons. The summed E-state index contributed by atoms with van der Waals surface area (Å²) in [5.41, 5.74) is 3.28. The van der Waals surface area contributed by atoms with Gasteiger partial charge in [-0.25, -0.2) is 0 Å². The highest BCUT2D eigenvalue weighted by molar-refractivity contribution is 6.00. The molecule has 0 saturated heterocycles. The zero-order chi connectivity index (χ0) is 15.4. The first kappa shape index (κ1) is 14.8. The van der Waals surface area contributed by atoms with Gasteiger partial charge in [-0.2, -0.15) is 0 Å². The molecule has 0 amide bonds. The number of hydrogen-bond donors (Lipinski definition) is 2. The molecule has 0 heterocycles. The van der Waals surface area contributed by atoms with Crippen LogP contribution in [-0.2, 0) is 12.8 Å². The molecule has 0 unspecified atom stereocenters. The molecule has 114 valence electrons. The van der Waals surface area contributed by atoms with Crippen LogP contribution in [0.2, 0.25) is 0 Å². The van der Waals surface area contributed by atoms with Gasteiger partial charge in [-0.15, -0.1) is 0 Å². The van der Waals surface area contributed by atoms with E-state index in [0.29, 0.717) is 5.75 Å². The summed E-state index contributed by atoms with van der Waals surface area (Å²) in [6.07, 6.45) is 2.83.